The second kappa shape index (κ2) is 7.09. The van der Waals surface area contributed by atoms with Crippen LogP contribution in [0.2, 0.25) is 0 Å². The number of amides is 2. The number of rotatable bonds is 6. The van der Waals surface area contributed by atoms with E-state index < -0.39 is 0 Å². The SMILES string of the molecule is CCC[C@H](C(N)=O)[C@@H](CC(C)(C)C)C(=O)NC(C)(C)C. The maximum atomic E-state index is 12.5. The van der Waals surface area contributed by atoms with Crippen LogP contribution in [-0.4, -0.2) is 17.4 Å². The molecule has 0 aromatic heterocycles. The van der Waals surface area contributed by atoms with Crippen molar-refractivity contribution < 1.29 is 9.59 Å². The predicted octanol–water partition coefficient (Wildman–Crippen LogP) is 2.86. The van der Waals surface area contributed by atoms with Gasteiger partial charge in [-0.1, -0.05) is 34.1 Å². The summed E-state index contributed by atoms with van der Waals surface area (Å²) < 4.78 is 0. The number of nitrogens with one attached hydrogen (secondary N) is 1. The minimum Gasteiger partial charge on any atom is -0.369 e. The monoisotopic (exact) mass is 284 g/mol. The van der Waals surface area contributed by atoms with Crippen molar-refractivity contribution in [1.29, 1.82) is 0 Å². The van der Waals surface area contributed by atoms with Crippen LogP contribution < -0.4 is 11.1 Å². The second-order valence-corrected chi connectivity index (χ2v) is 7.91. The molecule has 0 saturated heterocycles. The van der Waals surface area contributed by atoms with Gasteiger partial charge in [0.2, 0.25) is 11.8 Å². The third kappa shape index (κ3) is 7.51. The van der Waals surface area contributed by atoms with E-state index in [0.29, 0.717) is 12.8 Å². The van der Waals surface area contributed by atoms with Gasteiger partial charge in [0.05, 0.1) is 0 Å². The fraction of sp³-hybridized carbons (Fsp3) is 0.875. The number of nitrogens with two attached hydrogens (primary N) is 1. The third-order valence-corrected chi connectivity index (χ3v) is 3.12. The molecule has 0 aliphatic rings. The quantitative estimate of drug-likeness (QED) is 0.787. The number of primary amides is 1. The maximum Gasteiger partial charge on any atom is 0.224 e. The highest BCUT2D eigenvalue weighted by Crippen LogP contribution is 2.31. The average Bonchev–Trinajstić information content (AvgIpc) is 2.18. The zero-order chi connectivity index (χ0) is 16.1. The highest BCUT2D eigenvalue weighted by Gasteiger charge is 2.35. The van der Waals surface area contributed by atoms with E-state index in [1.807, 2.05) is 27.7 Å². The summed E-state index contributed by atoms with van der Waals surface area (Å²) in [5.41, 5.74) is 5.19. The summed E-state index contributed by atoms with van der Waals surface area (Å²) in [4.78, 5) is 24.3. The van der Waals surface area contributed by atoms with Gasteiger partial charge in [0.25, 0.3) is 0 Å². The molecule has 2 atom stereocenters. The number of carbonyl (C=O) groups excluding carboxylic acids is 2. The molecule has 20 heavy (non-hydrogen) atoms. The molecule has 0 rings (SSSR count). The lowest BCUT2D eigenvalue weighted by Crippen LogP contribution is -2.48. The Balaban J connectivity index is 5.24. The molecule has 2 amide bonds. The van der Waals surface area contributed by atoms with E-state index in [0.717, 1.165) is 6.42 Å². The molecular weight excluding hydrogens is 252 g/mol. The Morgan fingerprint density at radius 2 is 1.55 bits per heavy atom. The van der Waals surface area contributed by atoms with E-state index >= 15 is 0 Å². The molecule has 0 radical (unpaired) electrons. The molecule has 0 aliphatic heterocycles. The Labute approximate surface area is 123 Å². The molecule has 0 bridgehead atoms. The van der Waals surface area contributed by atoms with Gasteiger partial charge in [-0.2, -0.15) is 0 Å². The Hall–Kier alpha value is -1.06. The Bertz CT molecular complexity index is 337. The van der Waals surface area contributed by atoms with Crippen LogP contribution in [0.15, 0.2) is 0 Å². The van der Waals surface area contributed by atoms with Gasteiger partial charge >= 0.3 is 0 Å². The van der Waals surface area contributed by atoms with E-state index in [1.165, 1.54) is 0 Å². The molecule has 0 aromatic carbocycles. The number of hydrogen-bond acceptors (Lipinski definition) is 2. The van der Waals surface area contributed by atoms with E-state index in [4.69, 9.17) is 5.73 Å². The second-order valence-electron chi connectivity index (χ2n) is 7.91. The van der Waals surface area contributed by atoms with Crippen LogP contribution >= 0.6 is 0 Å². The van der Waals surface area contributed by atoms with Crippen LogP contribution in [0.5, 0.6) is 0 Å². The lowest BCUT2D eigenvalue weighted by molar-refractivity contribution is -0.135. The molecule has 0 aromatic rings. The summed E-state index contributed by atoms with van der Waals surface area (Å²) in [5, 5.41) is 2.99. The van der Waals surface area contributed by atoms with Crippen molar-refractivity contribution in [2.24, 2.45) is 23.0 Å². The van der Waals surface area contributed by atoms with Crippen molar-refractivity contribution in [3.8, 4) is 0 Å². The number of carbonyl (C=O) groups is 2. The zero-order valence-electron chi connectivity index (χ0n) is 14.2. The Kier molecular flexibility index (Phi) is 6.72. The van der Waals surface area contributed by atoms with Gasteiger partial charge in [0.15, 0.2) is 0 Å². The average molecular weight is 284 g/mol. The minimum absolute atomic E-state index is 0.0265. The molecule has 0 saturated carbocycles. The maximum absolute atomic E-state index is 12.5. The van der Waals surface area contributed by atoms with Gasteiger partial charge in [0, 0.05) is 17.4 Å². The first-order chi connectivity index (χ1) is 8.87. The smallest absolute Gasteiger partial charge is 0.224 e. The summed E-state index contributed by atoms with van der Waals surface area (Å²) in [5.74, 6) is -1.18. The first kappa shape index (κ1) is 18.9. The van der Waals surface area contributed by atoms with Crippen LogP contribution in [0.3, 0.4) is 0 Å². The fourth-order valence-electron chi connectivity index (χ4n) is 2.39. The van der Waals surface area contributed by atoms with Gasteiger partial charge in [0.1, 0.15) is 0 Å². The van der Waals surface area contributed by atoms with Crippen LogP contribution in [0, 0.1) is 17.3 Å². The van der Waals surface area contributed by atoms with Crippen molar-refractivity contribution >= 4 is 11.8 Å². The molecule has 3 N–H and O–H groups in total. The van der Waals surface area contributed by atoms with Crippen molar-refractivity contribution in [3.63, 3.8) is 0 Å². The summed E-state index contributed by atoms with van der Waals surface area (Å²) in [6.45, 7) is 14.1. The highest BCUT2D eigenvalue weighted by atomic mass is 16.2. The standard InChI is InChI=1S/C16H32N2O2/c1-8-9-11(13(17)19)12(10-15(2,3)4)14(20)18-16(5,6)7/h11-12H,8-10H2,1-7H3,(H2,17,19)(H,18,20)/t11-,12+/m0/s1. The van der Waals surface area contributed by atoms with E-state index in [1.54, 1.807) is 0 Å². The zero-order valence-corrected chi connectivity index (χ0v) is 14.2. The predicted molar refractivity (Wildman–Crippen MR) is 83.1 cm³/mol. The van der Waals surface area contributed by atoms with Crippen LogP contribution in [0.4, 0.5) is 0 Å². The fourth-order valence-corrected chi connectivity index (χ4v) is 2.39. The summed E-state index contributed by atoms with van der Waals surface area (Å²) in [6, 6.07) is 0. The molecule has 0 heterocycles. The number of hydrogen-bond donors (Lipinski definition) is 2. The van der Waals surface area contributed by atoms with Crippen molar-refractivity contribution in [1.82, 2.24) is 5.32 Å². The van der Waals surface area contributed by atoms with Crippen molar-refractivity contribution in [2.75, 3.05) is 0 Å². The van der Waals surface area contributed by atoms with Crippen molar-refractivity contribution in [3.05, 3.63) is 0 Å². The molecule has 4 nitrogen and oxygen atoms in total. The van der Waals surface area contributed by atoms with Crippen LogP contribution in [-0.2, 0) is 9.59 Å². The lowest BCUT2D eigenvalue weighted by atomic mass is 9.76. The molecule has 0 unspecified atom stereocenters. The topological polar surface area (TPSA) is 72.2 Å². The van der Waals surface area contributed by atoms with Gasteiger partial charge in [-0.15, -0.1) is 0 Å². The van der Waals surface area contributed by atoms with Gasteiger partial charge in [-0.3, -0.25) is 9.59 Å². The molecular formula is C16H32N2O2. The Morgan fingerprint density at radius 1 is 1.05 bits per heavy atom. The Morgan fingerprint density at radius 3 is 1.85 bits per heavy atom. The lowest BCUT2D eigenvalue weighted by Gasteiger charge is -2.32. The largest absolute Gasteiger partial charge is 0.369 e. The molecule has 4 heteroatoms. The normalized spacial score (nSPS) is 15.6. The first-order valence-electron chi connectivity index (χ1n) is 7.48. The summed E-state index contributed by atoms with van der Waals surface area (Å²) in [7, 11) is 0. The van der Waals surface area contributed by atoms with Gasteiger partial charge < -0.3 is 11.1 Å². The third-order valence-electron chi connectivity index (χ3n) is 3.12. The summed E-state index contributed by atoms with van der Waals surface area (Å²) >= 11 is 0. The molecule has 0 spiro atoms. The van der Waals surface area contributed by atoms with Crippen molar-refractivity contribution in [2.45, 2.75) is 73.3 Å². The van der Waals surface area contributed by atoms with Gasteiger partial charge in [-0.05, 0) is 39.0 Å². The minimum atomic E-state index is -0.387. The highest BCUT2D eigenvalue weighted by molar-refractivity contribution is 5.87. The first-order valence-corrected chi connectivity index (χ1v) is 7.48. The van der Waals surface area contributed by atoms with Crippen LogP contribution in [0.1, 0.15) is 67.7 Å². The molecule has 0 aliphatic carbocycles. The van der Waals surface area contributed by atoms with Crippen LogP contribution in [0.25, 0.3) is 0 Å². The summed E-state index contributed by atoms with van der Waals surface area (Å²) in [6.07, 6.45) is 2.16. The van der Waals surface area contributed by atoms with Gasteiger partial charge in [-0.25, -0.2) is 0 Å². The van der Waals surface area contributed by atoms with E-state index in [2.05, 4.69) is 26.1 Å². The molecule has 118 valence electrons. The molecule has 0 fully saturated rings. The van der Waals surface area contributed by atoms with E-state index in [-0.39, 0.29) is 34.6 Å². The van der Waals surface area contributed by atoms with E-state index in [9.17, 15) is 9.59 Å².